The van der Waals surface area contributed by atoms with Gasteiger partial charge in [-0.1, -0.05) is 13.8 Å². The lowest BCUT2D eigenvalue weighted by atomic mass is 10.2. The first-order chi connectivity index (χ1) is 8.42. The summed E-state index contributed by atoms with van der Waals surface area (Å²) in [4.78, 5) is 13.5. The van der Waals surface area contributed by atoms with Crippen molar-refractivity contribution >= 4 is 15.9 Å². The largest absolute Gasteiger partial charge is 0.341 e. The number of sulfonamides is 1. The summed E-state index contributed by atoms with van der Waals surface area (Å²) >= 11 is 0. The Morgan fingerprint density at radius 3 is 2.39 bits per heavy atom. The lowest BCUT2D eigenvalue weighted by Gasteiger charge is -2.25. The van der Waals surface area contributed by atoms with Gasteiger partial charge in [-0.3, -0.25) is 4.79 Å². The lowest BCUT2D eigenvalue weighted by Crippen LogP contribution is -2.44. The van der Waals surface area contributed by atoms with Gasteiger partial charge in [0, 0.05) is 32.7 Å². The molecule has 0 spiro atoms. The van der Waals surface area contributed by atoms with E-state index in [1.165, 1.54) is 4.31 Å². The molecule has 0 radical (unpaired) electrons. The zero-order chi connectivity index (χ0) is 13.8. The number of hydrogen-bond acceptors (Lipinski definition) is 4. The number of likely N-dealkylation sites (N-methyl/N-ethyl adjacent to an activating group) is 1. The average molecular weight is 277 g/mol. The van der Waals surface area contributed by atoms with Gasteiger partial charge in [0.15, 0.2) is 0 Å². The molecule has 1 amide bonds. The van der Waals surface area contributed by atoms with E-state index in [1.807, 2.05) is 0 Å². The fourth-order valence-electron chi connectivity index (χ4n) is 2.14. The molecular formula is C11H23N3O3S. The molecule has 7 heteroatoms. The molecule has 1 saturated heterocycles. The lowest BCUT2D eigenvalue weighted by molar-refractivity contribution is -0.128. The van der Waals surface area contributed by atoms with Gasteiger partial charge in [0.05, 0.1) is 0 Å². The van der Waals surface area contributed by atoms with E-state index in [0.29, 0.717) is 13.1 Å². The van der Waals surface area contributed by atoms with Crippen LogP contribution in [0.3, 0.4) is 0 Å². The third-order valence-corrected chi connectivity index (χ3v) is 5.30. The topological polar surface area (TPSA) is 69.7 Å². The second-order valence-electron chi connectivity index (χ2n) is 4.49. The van der Waals surface area contributed by atoms with Crippen LogP contribution >= 0.6 is 0 Å². The summed E-state index contributed by atoms with van der Waals surface area (Å²) in [6.07, 6.45) is 0.882. The molecule has 0 aromatic heterocycles. The van der Waals surface area contributed by atoms with Gasteiger partial charge in [-0.25, -0.2) is 12.7 Å². The number of amides is 1. The zero-order valence-electron chi connectivity index (χ0n) is 11.3. The molecule has 0 aromatic rings. The van der Waals surface area contributed by atoms with Crippen LogP contribution < -0.4 is 5.32 Å². The Morgan fingerprint density at radius 2 is 1.94 bits per heavy atom. The van der Waals surface area contributed by atoms with Gasteiger partial charge < -0.3 is 10.2 Å². The SMILES string of the molecule is CCN(CC)S(=O)(=O)CC(=O)N(C)C1CCNC1. The van der Waals surface area contributed by atoms with Gasteiger partial charge in [0.1, 0.15) is 5.75 Å². The fraction of sp³-hybridized carbons (Fsp3) is 0.909. The molecule has 0 aromatic carbocycles. The number of rotatable bonds is 6. The summed E-state index contributed by atoms with van der Waals surface area (Å²) in [6.45, 7) is 5.98. The second kappa shape index (κ2) is 6.49. The van der Waals surface area contributed by atoms with Gasteiger partial charge in [0.25, 0.3) is 0 Å². The molecule has 6 nitrogen and oxygen atoms in total. The predicted molar refractivity (Wildman–Crippen MR) is 70.8 cm³/mol. The molecular weight excluding hydrogens is 254 g/mol. The van der Waals surface area contributed by atoms with Gasteiger partial charge in [0.2, 0.25) is 15.9 Å². The van der Waals surface area contributed by atoms with Crippen LogP contribution in [0.5, 0.6) is 0 Å². The summed E-state index contributed by atoms with van der Waals surface area (Å²) in [5.41, 5.74) is 0. The van der Waals surface area contributed by atoms with Crippen LogP contribution in [-0.2, 0) is 14.8 Å². The first-order valence-corrected chi connectivity index (χ1v) is 7.97. The highest BCUT2D eigenvalue weighted by Gasteiger charge is 2.28. The minimum absolute atomic E-state index is 0.115. The normalized spacial score (nSPS) is 20.3. The van der Waals surface area contributed by atoms with Gasteiger partial charge in [-0.05, 0) is 13.0 Å². The van der Waals surface area contributed by atoms with E-state index in [1.54, 1.807) is 25.8 Å². The Balaban J connectivity index is 2.63. The summed E-state index contributed by atoms with van der Waals surface area (Å²) in [5, 5.41) is 3.16. The summed E-state index contributed by atoms with van der Waals surface area (Å²) < 4.78 is 25.3. The van der Waals surface area contributed by atoms with E-state index in [-0.39, 0.29) is 11.9 Å². The van der Waals surface area contributed by atoms with Crippen molar-refractivity contribution in [3.8, 4) is 0 Å². The molecule has 1 N–H and O–H groups in total. The van der Waals surface area contributed by atoms with E-state index in [9.17, 15) is 13.2 Å². The van der Waals surface area contributed by atoms with Crippen LogP contribution in [0.25, 0.3) is 0 Å². The molecule has 106 valence electrons. The highest BCUT2D eigenvalue weighted by atomic mass is 32.2. The molecule has 18 heavy (non-hydrogen) atoms. The number of hydrogen-bond donors (Lipinski definition) is 1. The van der Waals surface area contributed by atoms with Gasteiger partial charge in [-0.15, -0.1) is 0 Å². The average Bonchev–Trinajstić information content (AvgIpc) is 2.81. The Morgan fingerprint density at radius 1 is 1.33 bits per heavy atom. The molecule has 1 aliphatic heterocycles. The third-order valence-electron chi connectivity index (χ3n) is 3.38. The van der Waals surface area contributed by atoms with Crippen molar-refractivity contribution in [1.29, 1.82) is 0 Å². The molecule has 0 aliphatic carbocycles. The Labute approximate surface area is 109 Å². The highest BCUT2D eigenvalue weighted by molar-refractivity contribution is 7.89. The quantitative estimate of drug-likeness (QED) is 0.709. The molecule has 1 fully saturated rings. The molecule has 1 rings (SSSR count). The molecule has 1 aliphatic rings. The van der Waals surface area contributed by atoms with Gasteiger partial charge >= 0.3 is 0 Å². The first kappa shape index (κ1) is 15.4. The van der Waals surface area contributed by atoms with E-state index in [4.69, 9.17) is 0 Å². The minimum atomic E-state index is -3.47. The molecule has 0 bridgehead atoms. The molecule has 0 saturated carbocycles. The van der Waals surface area contributed by atoms with Gasteiger partial charge in [-0.2, -0.15) is 0 Å². The molecule has 1 heterocycles. The standard InChI is InChI=1S/C11H23N3O3S/c1-4-14(5-2)18(16,17)9-11(15)13(3)10-6-7-12-8-10/h10,12H,4-9H2,1-3H3. The van der Waals surface area contributed by atoms with E-state index >= 15 is 0 Å². The van der Waals surface area contributed by atoms with Crippen LogP contribution in [0, 0.1) is 0 Å². The summed E-state index contributed by atoms with van der Waals surface area (Å²) in [5.74, 6) is -0.752. The maximum Gasteiger partial charge on any atom is 0.239 e. The third kappa shape index (κ3) is 3.66. The zero-order valence-corrected chi connectivity index (χ0v) is 12.2. The van der Waals surface area contributed by atoms with Crippen molar-refractivity contribution in [2.45, 2.75) is 26.3 Å². The maximum atomic E-state index is 12.0. The van der Waals surface area contributed by atoms with Crippen LogP contribution in [0.15, 0.2) is 0 Å². The fourth-order valence-corrected chi connectivity index (χ4v) is 3.62. The number of nitrogens with one attached hydrogen (secondary N) is 1. The maximum absolute atomic E-state index is 12.0. The molecule has 1 atom stereocenters. The monoisotopic (exact) mass is 277 g/mol. The predicted octanol–water partition coefficient (Wildman–Crippen LogP) is -0.522. The summed E-state index contributed by atoms with van der Waals surface area (Å²) in [7, 11) is -1.80. The van der Waals surface area contributed by atoms with Crippen molar-refractivity contribution in [3.05, 3.63) is 0 Å². The number of nitrogens with zero attached hydrogens (tertiary/aromatic N) is 2. The van der Waals surface area contributed by atoms with Crippen LogP contribution in [0.1, 0.15) is 20.3 Å². The minimum Gasteiger partial charge on any atom is -0.341 e. The van der Waals surface area contributed by atoms with Crippen LogP contribution in [0.4, 0.5) is 0 Å². The van der Waals surface area contributed by atoms with Crippen molar-refractivity contribution in [3.63, 3.8) is 0 Å². The number of carbonyl (C=O) groups is 1. The van der Waals surface area contributed by atoms with Crippen LogP contribution in [0.2, 0.25) is 0 Å². The Hall–Kier alpha value is -0.660. The van der Waals surface area contributed by atoms with Crippen molar-refractivity contribution in [1.82, 2.24) is 14.5 Å². The van der Waals surface area contributed by atoms with E-state index < -0.39 is 15.8 Å². The molecule has 1 unspecified atom stereocenters. The van der Waals surface area contributed by atoms with Crippen molar-refractivity contribution in [2.75, 3.05) is 39.0 Å². The van der Waals surface area contributed by atoms with Crippen LogP contribution in [-0.4, -0.2) is 68.6 Å². The Bertz CT molecular complexity index is 373. The first-order valence-electron chi connectivity index (χ1n) is 6.36. The highest BCUT2D eigenvalue weighted by Crippen LogP contribution is 2.09. The van der Waals surface area contributed by atoms with Crippen molar-refractivity contribution < 1.29 is 13.2 Å². The van der Waals surface area contributed by atoms with E-state index in [2.05, 4.69) is 5.32 Å². The number of carbonyl (C=O) groups excluding carboxylic acids is 1. The Kier molecular flexibility index (Phi) is 5.55. The van der Waals surface area contributed by atoms with E-state index in [0.717, 1.165) is 19.5 Å². The second-order valence-corrected chi connectivity index (χ2v) is 6.46. The van der Waals surface area contributed by atoms with Crippen molar-refractivity contribution in [2.24, 2.45) is 0 Å². The smallest absolute Gasteiger partial charge is 0.239 e. The summed E-state index contributed by atoms with van der Waals surface area (Å²) in [6, 6.07) is 0.115.